The summed E-state index contributed by atoms with van der Waals surface area (Å²) in [6.45, 7) is 6.07. The van der Waals surface area contributed by atoms with Crippen molar-refractivity contribution < 1.29 is 24.0 Å². The number of hydrogen-bond donors (Lipinski definition) is 2. The van der Waals surface area contributed by atoms with Gasteiger partial charge in [-0.25, -0.2) is 5.43 Å². The highest BCUT2D eigenvalue weighted by Crippen LogP contribution is 2.29. The third-order valence-electron chi connectivity index (χ3n) is 5.54. The number of carbonyl (C=O) groups is 2. The molecule has 0 saturated carbocycles. The topological polar surface area (TPSA) is 132 Å². The van der Waals surface area contributed by atoms with Crippen molar-refractivity contribution >= 4 is 35.3 Å². The van der Waals surface area contributed by atoms with Crippen molar-refractivity contribution in [2.24, 2.45) is 11.0 Å². The maximum Gasteiger partial charge on any atom is 0.269 e. The minimum atomic E-state index is -0.806. The molecule has 2 amide bonds. The van der Waals surface area contributed by atoms with Gasteiger partial charge in [0, 0.05) is 22.7 Å². The van der Waals surface area contributed by atoms with Crippen molar-refractivity contribution in [2.75, 3.05) is 6.61 Å². The maximum atomic E-state index is 12.8. The molecule has 0 aliphatic carbocycles. The fourth-order valence-electron chi connectivity index (χ4n) is 3.47. The molecule has 0 aliphatic rings. The number of non-ortho nitro benzene ring substituents is 1. The van der Waals surface area contributed by atoms with Gasteiger partial charge in [-0.3, -0.25) is 19.7 Å². The van der Waals surface area contributed by atoms with Crippen LogP contribution in [-0.4, -0.2) is 35.6 Å². The van der Waals surface area contributed by atoms with E-state index in [1.54, 1.807) is 54.6 Å². The first kappa shape index (κ1) is 29.1. The average molecular weight is 553 g/mol. The van der Waals surface area contributed by atoms with Gasteiger partial charge in [-0.15, -0.1) is 0 Å². The number of hydrazone groups is 1. The van der Waals surface area contributed by atoms with E-state index in [-0.39, 0.29) is 18.2 Å². The van der Waals surface area contributed by atoms with Crippen LogP contribution in [0.4, 0.5) is 5.69 Å². The van der Waals surface area contributed by atoms with E-state index < -0.39 is 22.8 Å². The number of ether oxygens (including phenoxy) is 2. The minimum Gasteiger partial charge on any atom is -0.490 e. The summed E-state index contributed by atoms with van der Waals surface area (Å²) in [5, 5.41) is 18.1. The third kappa shape index (κ3) is 8.54. The molecule has 0 fully saturated rings. The van der Waals surface area contributed by atoms with Gasteiger partial charge in [0.1, 0.15) is 12.6 Å². The number of benzene rings is 3. The molecule has 39 heavy (non-hydrogen) atoms. The van der Waals surface area contributed by atoms with Gasteiger partial charge >= 0.3 is 0 Å². The zero-order valence-electron chi connectivity index (χ0n) is 21.7. The number of rotatable bonds is 12. The lowest BCUT2D eigenvalue weighted by Crippen LogP contribution is -2.48. The van der Waals surface area contributed by atoms with Crippen molar-refractivity contribution in [3.05, 3.63) is 98.6 Å². The lowest BCUT2D eigenvalue weighted by molar-refractivity contribution is -0.384. The third-order valence-corrected chi connectivity index (χ3v) is 5.79. The Morgan fingerprint density at radius 3 is 2.33 bits per heavy atom. The van der Waals surface area contributed by atoms with Gasteiger partial charge in [-0.2, -0.15) is 5.10 Å². The van der Waals surface area contributed by atoms with E-state index in [0.29, 0.717) is 34.3 Å². The number of hydrogen-bond acceptors (Lipinski definition) is 7. The van der Waals surface area contributed by atoms with Gasteiger partial charge in [0.15, 0.2) is 11.5 Å². The summed E-state index contributed by atoms with van der Waals surface area (Å²) in [6, 6.07) is 16.8. The molecule has 0 spiro atoms. The van der Waals surface area contributed by atoms with Gasteiger partial charge in [0.25, 0.3) is 17.5 Å². The normalized spacial score (nSPS) is 11.7. The van der Waals surface area contributed by atoms with Gasteiger partial charge < -0.3 is 14.8 Å². The summed E-state index contributed by atoms with van der Waals surface area (Å²) in [6.07, 6.45) is 1.46. The Kier molecular flexibility index (Phi) is 10.4. The van der Waals surface area contributed by atoms with E-state index in [1.807, 2.05) is 20.8 Å². The summed E-state index contributed by atoms with van der Waals surface area (Å²) in [5.41, 5.74) is 4.28. The molecule has 0 saturated heterocycles. The van der Waals surface area contributed by atoms with Crippen molar-refractivity contribution in [2.45, 2.75) is 33.4 Å². The van der Waals surface area contributed by atoms with Crippen molar-refractivity contribution in [1.82, 2.24) is 10.7 Å². The first-order chi connectivity index (χ1) is 18.7. The molecule has 3 rings (SSSR count). The Bertz CT molecular complexity index is 1330. The molecular weight excluding hydrogens is 524 g/mol. The maximum absolute atomic E-state index is 12.8. The average Bonchev–Trinajstić information content (AvgIpc) is 2.91. The molecule has 0 heterocycles. The molecule has 3 aromatic rings. The van der Waals surface area contributed by atoms with Crippen LogP contribution in [0.3, 0.4) is 0 Å². The van der Waals surface area contributed by atoms with Gasteiger partial charge in [-0.05, 0) is 78.6 Å². The molecule has 3 aromatic carbocycles. The quantitative estimate of drug-likeness (QED) is 0.182. The number of nitrogens with zero attached hydrogens (tertiary/aromatic N) is 2. The molecule has 11 heteroatoms. The fourth-order valence-corrected chi connectivity index (χ4v) is 3.59. The van der Waals surface area contributed by atoms with E-state index in [1.165, 1.54) is 18.3 Å². The Morgan fingerprint density at radius 1 is 1.03 bits per heavy atom. The highest BCUT2D eigenvalue weighted by Gasteiger charge is 2.24. The second-order valence-electron chi connectivity index (χ2n) is 8.79. The van der Waals surface area contributed by atoms with Crippen molar-refractivity contribution in [1.29, 1.82) is 0 Å². The van der Waals surface area contributed by atoms with Crippen LogP contribution in [0.15, 0.2) is 71.8 Å². The number of halogens is 1. The van der Waals surface area contributed by atoms with Crippen LogP contribution in [0.1, 0.15) is 42.3 Å². The van der Waals surface area contributed by atoms with Crippen LogP contribution < -0.4 is 20.2 Å². The van der Waals surface area contributed by atoms with E-state index in [9.17, 15) is 19.7 Å². The summed E-state index contributed by atoms with van der Waals surface area (Å²) >= 11 is 5.88. The number of nitro groups is 1. The second kappa shape index (κ2) is 13.9. The van der Waals surface area contributed by atoms with Gasteiger partial charge in [0.2, 0.25) is 0 Å². The number of carbonyl (C=O) groups excluding carboxylic acids is 2. The van der Waals surface area contributed by atoms with Gasteiger partial charge in [-0.1, -0.05) is 25.4 Å². The molecule has 1 unspecified atom stereocenters. The summed E-state index contributed by atoms with van der Waals surface area (Å²) in [7, 11) is 0. The molecule has 0 bridgehead atoms. The number of amides is 2. The zero-order valence-corrected chi connectivity index (χ0v) is 22.5. The highest BCUT2D eigenvalue weighted by molar-refractivity contribution is 6.30. The first-order valence-electron chi connectivity index (χ1n) is 12.2. The molecule has 0 aromatic heterocycles. The number of nitrogens with one attached hydrogen (secondary N) is 2. The Labute approximate surface area is 231 Å². The second-order valence-corrected chi connectivity index (χ2v) is 9.22. The lowest BCUT2D eigenvalue weighted by Gasteiger charge is -2.20. The van der Waals surface area contributed by atoms with Crippen LogP contribution >= 0.6 is 11.6 Å². The first-order valence-corrected chi connectivity index (χ1v) is 12.6. The van der Waals surface area contributed by atoms with Crippen LogP contribution in [-0.2, 0) is 11.4 Å². The lowest BCUT2D eigenvalue weighted by atomic mass is 10.0. The molecule has 0 radical (unpaired) electrons. The Balaban J connectivity index is 1.62. The zero-order chi connectivity index (χ0) is 28.4. The van der Waals surface area contributed by atoms with Crippen LogP contribution in [0.5, 0.6) is 11.5 Å². The predicted octanol–water partition coefficient (Wildman–Crippen LogP) is 5.13. The molecular formula is C28H29ClN4O6. The summed E-state index contributed by atoms with van der Waals surface area (Å²) in [5.74, 6) is -0.0776. The van der Waals surface area contributed by atoms with Crippen molar-refractivity contribution in [3.63, 3.8) is 0 Å². The van der Waals surface area contributed by atoms with Crippen molar-refractivity contribution in [3.8, 4) is 11.5 Å². The summed E-state index contributed by atoms with van der Waals surface area (Å²) in [4.78, 5) is 35.7. The van der Waals surface area contributed by atoms with Crippen LogP contribution in [0, 0.1) is 16.0 Å². The number of nitro benzene ring substituents is 1. The standard InChI is InChI=1S/C28H29ClN4O6/c1-4-38-25-15-20(7-14-24(25)39-17-19-5-12-23(13-6-19)33(36)37)16-30-32-28(35)26(18(2)3)31-27(34)21-8-10-22(29)11-9-21/h5-16,18,26H,4,17H2,1-3H3,(H,31,34)(H,32,35). The monoisotopic (exact) mass is 552 g/mol. The summed E-state index contributed by atoms with van der Waals surface area (Å²) < 4.78 is 11.5. The molecule has 204 valence electrons. The van der Waals surface area contributed by atoms with Gasteiger partial charge in [0.05, 0.1) is 17.7 Å². The fraction of sp³-hybridized carbons (Fsp3) is 0.250. The highest BCUT2D eigenvalue weighted by atomic mass is 35.5. The van der Waals surface area contributed by atoms with E-state index in [0.717, 1.165) is 5.56 Å². The van der Waals surface area contributed by atoms with E-state index in [4.69, 9.17) is 21.1 Å². The molecule has 1 atom stereocenters. The predicted molar refractivity (Wildman–Crippen MR) is 148 cm³/mol. The SMILES string of the molecule is CCOc1cc(C=NNC(=O)C(NC(=O)c2ccc(Cl)cc2)C(C)C)ccc1OCc1ccc([N+](=O)[O-])cc1. The molecule has 10 nitrogen and oxygen atoms in total. The smallest absolute Gasteiger partial charge is 0.269 e. The molecule has 2 N–H and O–H groups in total. The Hall–Kier alpha value is -4.44. The minimum absolute atomic E-state index is 0.00754. The van der Waals surface area contributed by atoms with E-state index in [2.05, 4.69) is 15.8 Å². The largest absolute Gasteiger partial charge is 0.490 e. The van der Waals surface area contributed by atoms with Crippen LogP contribution in [0.25, 0.3) is 0 Å². The molecule has 0 aliphatic heterocycles. The van der Waals surface area contributed by atoms with Crippen LogP contribution in [0.2, 0.25) is 5.02 Å². The van der Waals surface area contributed by atoms with E-state index >= 15 is 0 Å². The Morgan fingerprint density at radius 2 is 1.72 bits per heavy atom.